The zero-order valence-corrected chi connectivity index (χ0v) is 8.02. The number of aromatic nitrogens is 2. The molecule has 1 aromatic rings. The van der Waals surface area contributed by atoms with Gasteiger partial charge in [0, 0.05) is 18.3 Å². The lowest BCUT2D eigenvalue weighted by Crippen LogP contribution is -1.85. The van der Waals surface area contributed by atoms with Crippen LogP contribution in [0.3, 0.4) is 0 Å². The van der Waals surface area contributed by atoms with Crippen LogP contribution in [0.4, 0.5) is 0 Å². The van der Waals surface area contributed by atoms with Crippen molar-refractivity contribution in [2.75, 3.05) is 0 Å². The number of aryl methyl sites for hydroxylation is 1. The van der Waals surface area contributed by atoms with Crippen LogP contribution in [0.5, 0.6) is 0 Å². The summed E-state index contributed by atoms with van der Waals surface area (Å²) in [4.78, 5) is 7.52. The molecule has 1 aromatic heterocycles. The molecule has 0 aliphatic heterocycles. The highest BCUT2D eigenvalue weighted by Crippen LogP contribution is 2.00. The lowest BCUT2D eigenvalue weighted by atomic mass is 10.2. The van der Waals surface area contributed by atoms with E-state index in [9.17, 15) is 0 Å². The van der Waals surface area contributed by atoms with Crippen LogP contribution in [0, 0.1) is 0 Å². The van der Waals surface area contributed by atoms with Crippen molar-refractivity contribution in [3.63, 3.8) is 0 Å². The monoisotopic (exact) mass is 164 g/mol. The van der Waals surface area contributed by atoms with E-state index < -0.39 is 0 Å². The molecule has 2 heteroatoms. The number of hydrogen-bond acceptors (Lipinski definition) is 1. The molecule has 0 aromatic carbocycles. The Kier molecular flexibility index (Phi) is 3.09. The van der Waals surface area contributed by atoms with E-state index in [4.69, 9.17) is 0 Å². The molecule has 1 rings (SSSR count). The molecule has 0 aliphatic rings. The standard InChI is InChI=1S/C10H16N2/c1-4-9-7-11-10(12-9)6-5-8(2)3/h5,7H,4,6H2,1-3H3,(H,11,12). The first-order valence-electron chi connectivity index (χ1n) is 4.38. The number of imidazole rings is 1. The molecular weight excluding hydrogens is 148 g/mol. The van der Waals surface area contributed by atoms with Crippen LogP contribution in [0.1, 0.15) is 32.3 Å². The van der Waals surface area contributed by atoms with Gasteiger partial charge in [0.2, 0.25) is 0 Å². The third-order valence-electron chi connectivity index (χ3n) is 1.77. The first kappa shape index (κ1) is 9.04. The molecule has 0 radical (unpaired) electrons. The van der Waals surface area contributed by atoms with E-state index in [-0.39, 0.29) is 0 Å². The average Bonchev–Trinajstić information content (AvgIpc) is 2.48. The average molecular weight is 164 g/mol. The van der Waals surface area contributed by atoms with Crippen LogP contribution in [-0.4, -0.2) is 9.97 Å². The second kappa shape index (κ2) is 4.10. The Morgan fingerprint density at radius 2 is 2.33 bits per heavy atom. The number of allylic oxidation sites excluding steroid dienone is 2. The van der Waals surface area contributed by atoms with Crippen molar-refractivity contribution in [1.29, 1.82) is 0 Å². The summed E-state index contributed by atoms with van der Waals surface area (Å²) in [6, 6.07) is 0. The van der Waals surface area contributed by atoms with Crippen molar-refractivity contribution in [2.24, 2.45) is 0 Å². The molecular formula is C10H16N2. The molecule has 0 spiro atoms. The minimum absolute atomic E-state index is 0.919. The van der Waals surface area contributed by atoms with Crippen molar-refractivity contribution in [1.82, 2.24) is 9.97 Å². The molecule has 0 atom stereocenters. The summed E-state index contributed by atoms with van der Waals surface area (Å²) < 4.78 is 0. The summed E-state index contributed by atoms with van der Waals surface area (Å²) >= 11 is 0. The Bertz CT molecular complexity index is 267. The van der Waals surface area contributed by atoms with Gasteiger partial charge in [-0.3, -0.25) is 0 Å². The Morgan fingerprint density at radius 3 is 2.83 bits per heavy atom. The van der Waals surface area contributed by atoms with E-state index in [0.29, 0.717) is 0 Å². The molecule has 0 bridgehead atoms. The molecule has 0 unspecified atom stereocenters. The van der Waals surface area contributed by atoms with Gasteiger partial charge in [0.05, 0.1) is 0 Å². The smallest absolute Gasteiger partial charge is 0.110 e. The molecule has 1 N–H and O–H groups in total. The van der Waals surface area contributed by atoms with Gasteiger partial charge in [-0.2, -0.15) is 0 Å². The Labute approximate surface area is 73.7 Å². The minimum atomic E-state index is 0.919. The highest BCUT2D eigenvalue weighted by Gasteiger charge is 1.95. The fourth-order valence-corrected chi connectivity index (χ4v) is 0.990. The quantitative estimate of drug-likeness (QED) is 0.683. The summed E-state index contributed by atoms with van der Waals surface area (Å²) in [5.74, 6) is 1.06. The number of aromatic amines is 1. The highest BCUT2D eigenvalue weighted by molar-refractivity contribution is 5.06. The van der Waals surface area contributed by atoms with E-state index in [0.717, 1.165) is 18.7 Å². The maximum Gasteiger partial charge on any atom is 0.110 e. The normalized spacial score (nSPS) is 9.92. The van der Waals surface area contributed by atoms with Gasteiger partial charge in [-0.1, -0.05) is 18.6 Å². The minimum Gasteiger partial charge on any atom is -0.346 e. The Hall–Kier alpha value is -1.05. The second-order valence-electron chi connectivity index (χ2n) is 3.19. The largest absolute Gasteiger partial charge is 0.346 e. The van der Waals surface area contributed by atoms with Crippen molar-refractivity contribution in [2.45, 2.75) is 33.6 Å². The van der Waals surface area contributed by atoms with E-state index in [1.54, 1.807) is 0 Å². The van der Waals surface area contributed by atoms with Gasteiger partial charge in [0.1, 0.15) is 5.82 Å². The van der Waals surface area contributed by atoms with Gasteiger partial charge in [-0.05, 0) is 20.3 Å². The predicted molar refractivity (Wildman–Crippen MR) is 51.1 cm³/mol. The van der Waals surface area contributed by atoms with Gasteiger partial charge >= 0.3 is 0 Å². The zero-order valence-electron chi connectivity index (χ0n) is 8.02. The molecule has 0 saturated carbocycles. The number of rotatable bonds is 3. The maximum absolute atomic E-state index is 4.26. The second-order valence-corrected chi connectivity index (χ2v) is 3.19. The topological polar surface area (TPSA) is 28.7 Å². The number of H-pyrrole nitrogens is 1. The molecule has 12 heavy (non-hydrogen) atoms. The highest BCUT2D eigenvalue weighted by atomic mass is 14.9. The van der Waals surface area contributed by atoms with Crippen LogP contribution in [-0.2, 0) is 12.8 Å². The summed E-state index contributed by atoms with van der Waals surface area (Å²) in [7, 11) is 0. The molecule has 1 heterocycles. The Balaban J connectivity index is 2.58. The van der Waals surface area contributed by atoms with Gasteiger partial charge in [0.15, 0.2) is 0 Å². The summed E-state index contributed by atoms with van der Waals surface area (Å²) in [6.45, 7) is 6.32. The van der Waals surface area contributed by atoms with Crippen LogP contribution < -0.4 is 0 Å². The van der Waals surface area contributed by atoms with E-state index in [1.807, 2.05) is 6.20 Å². The summed E-state index contributed by atoms with van der Waals surface area (Å²) in [5, 5.41) is 0. The summed E-state index contributed by atoms with van der Waals surface area (Å²) in [5.41, 5.74) is 2.55. The molecule has 0 fully saturated rings. The van der Waals surface area contributed by atoms with E-state index in [2.05, 4.69) is 36.8 Å². The van der Waals surface area contributed by atoms with E-state index in [1.165, 1.54) is 11.3 Å². The molecule has 0 saturated heterocycles. The molecule has 2 nitrogen and oxygen atoms in total. The van der Waals surface area contributed by atoms with Crippen LogP contribution >= 0.6 is 0 Å². The first-order chi connectivity index (χ1) is 5.72. The lowest BCUT2D eigenvalue weighted by Gasteiger charge is -1.90. The molecule has 66 valence electrons. The predicted octanol–water partition coefficient (Wildman–Crippen LogP) is 2.48. The van der Waals surface area contributed by atoms with Gasteiger partial charge < -0.3 is 4.98 Å². The van der Waals surface area contributed by atoms with Crippen LogP contribution in [0.2, 0.25) is 0 Å². The zero-order chi connectivity index (χ0) is 8.97. The maximum atomic E-state index is 4.26. The van der Waals surface area contributed by atoms with Crippen LogP contribution in [0.15, 0.2) is 17.8 Å². The SMILES string of the molecule is CCc1cnc(CC=C(C)C)[nH]1. The first-order valence-corrected chi connectivity index (χ1v) is 4.38. The lowest BCUT2D eigenvalue weighted by molar-refractivity contribution is 0.999. The number of nitrogens with one attached hydrogen (secondary N) is 1. The van der Waals surface area contributed by atoms with Crippen molar-refractivity contribution in [3.8, 4) is 0 Å². The fourth-order valence-electron chi connectivity index (χ4n) is 0.990. The Morgan fingerprint density at radius 1 is 1.58 bits per heavy atom. The third kappa shape index (κ3) is 2.53. The van der Waals surface area contributed by atoms with Gasteiger partial charge in [0.25, 0.3) is 0 Å². The number of nitrogens with zero attached hydrogens (tertiary/aromatic N) is 1. The molecule has 0 aliphatic carbocycles. The van der Waals surface area contributed by atoms with Gasteiger partial charge in [-0.15, -0.1) is 0 Å². The third-order valence-corrected chi connectivity index (χ3v) is 1.77. The number of hydrogen-bond donors (Lipinski definition) is 1. The fraction of sp³-hybridized carbons (Fsp3) is 0.500. The van der Waals surface area contributed by atoms with Gasteiger partial charge in [-0.25, -0.2) is 4.98 Å². The van der Waals surface area contributed by atoms with Crippen molar-refractivity contribution < 1.29 is 0 Å². The van der Waals surface area contributed by atoms with Crippen molar-refractivity contribution >= 4 is 0 Å². The van der Waals surface area contributed by atoms with Crippen LogP contribution in [0.25, 0.3) is 0 Å². The summed E-state index contributed by atoms with van der Waals surface area (Å²) in [6.07, 6.45) is 6.04. The van der Waals surface area contributed by atoms with E-state index >= 15 is 0 Å². The van der Waals surface area contributed by atoms with Crippen molar-refractivity contribution in [3.05, 3.63) is 29.4 Å². The molecule has 0 amide bonds.